The van der Waals surface area contributed by atoms with E-state index < -0.39 is 11.6 Å². The number of piperidine rings is 1. The van der Waals surface area contributed by atoms with Crippen molar-refractivity contribution in [3.8, 4) is 0 Å². The van der Waals surface area contributed by atoms with Crippen LogP contribution in [0.15, 0.2) is 22.9 Å². The maximum absolute atomic E-state index is 12.5. The SMILES string of the molecule is CC(C)(C)OC(=O)CC(=O)N1CCC2(CCN(C(=O)C=Cc3ccsc3)CC2)C1. The first-order chi connectivity index (χ1) is 13.7. The molecule has 2 saturated heterocycles. The van der Waals surface area contributed by atoms with Crippen molar-refractivity contribution in [2.24, 2.45) is 5.41 Å². The third-order valence-corrected chi connectivity index (χ3v) is 6.31. The van der Waals surface area contributed by atoms with Crippen molar-refractivity contribution in [3.63, 3.8) is 0 Å². The highest BCUT2D eigenvalue weighted by molar-refractivity contribution is 7.08. The second kappa shape index (κ2) is 8.69. The molecule has 1 spiro atoms. The van der Waals surface area contributed by atoms with Crippen LogP contribution in [0.25, 0.3) is 6.08 Å². The number of likely N-dealkylation sites (tertiary alicyclic amines) is 2. The van der Waals surface area contributed by atoms with Gasteiger partial charge in [0.05, 0.1) is 0 Å². The Hall–Kier alpha value is -2.15. The van der Waals surface area contributed by atoms with Crippen LogP contribution >= 0.6 is 11.3 Å². The Morgan fingerprint density at radius 1 is 1.14 bits per heavy atom. The van der Waals surface area contributed by atoms with Crippen LogP contribution < -0.4 is 0 Å². The van der Waals surface area contributed by atoms with Crippen molar-refractivity contribution in [1.29, 1.82) is 0 Å². The molecule has 3 heterocycles. The zero-order valence-electron chi connectivity index (χ0n) is 17.5. The van der Waals surface area contributed by atoms with E-state index in [9.17, 15) is 14.4 Å². The molecule has 0 aliphatic carbocycles. The number of rotatable bonds is 4. The van der Waals surface area contributed by atoms with Gasteiger partial charge in [-0.2, -0.15) is 11.3 Å². The van der Waals surface area contributed by atoms with Gasteiger partial charge in [0.15, 0.2) is 0 Å². The lowest BCUT2D eigenvalue weighted by molar-refractivity contribution is -0.158. The van der Waals surface area contributed by atoms with Crippen molar-refractivity contribution < 1.29 is 19.1 Å². The molecule has 6 nitrogen and oxygen atoms in total. The summed E-state index contributed by atoms with van der Waals surface area (Å²) in [4.78, 5) is 40.5. The molecule has 2 amide bonds. The lowest BCUT2D eigenvalue weighted by atomic mass is 9.78. The first kappa shape index (κ1) is 21.6. The Bertz CT molecular complexity index is 771. The highest BCUT2D eigenvalue weighted by Crippen LogP contribution is 2.40. The van der Waals surface area contributed by atoms with Crippen LogP contribution in [0.2, 0.25) is 0 Å². The van der Waals surface area contributed by atoms with Gasteiger partial charge in [0.25, 0.3) is 0 Å². The highest BCUT2D eigenvalue weighted by Gasteiger charge is 2.42. The third-order valence-electron chi connectivity index (χ3n) is 5.60. The van der Waals surface area contributed by atoms with E-state index in [2.05, 4.69) is 0 Å². The predicted molar refractivity (Wildman–Crippen MR) is 113 cm³/mol. The summed E-state index contributed by atoms with van der Waals surface area (Å²) in [6, 6.07) is 1.99. The molecule has 0 atom stereocenters. The molecule has 1 aromatic heterocycles. The summed E-state index contributed by atoms with van der Waals surface area (Å²) in [6.07, 6.45) is 6.01. The zero-order chi connectivity index (χ0) is 21.1. The molecule has 0 unspecified atom stereocenters. The number of hydrogen-bond donors (Lipinski definition) is 0. The summed E-state index contributed by atoms with van der Waals surface area (Å²) in [5.41, 5.74) is 0.532. The van der Waals surface area contributed by atoms with Crippen molar-refractivity contribution in [3.05, 3.63) is 28.5 Å². The molecular weight excluding hydrogens is 388 g/mol. The number of nitrogens with zero attached hydrogens (tertiary/aromatic N) is 2. The minimum atomic E-state index is -0.583. The number of carbonyl (C=O) groups excluding carboxylic acids is 3. The van der Waals surface area contributed by atoms with Gasteiger partial charge in [0.2, 0.25) is 11.8 Å². The number of hydrogen-bond acceptors (Lipinski definition) is 5. The third kappa shape index (κ3) is 5.92. The molecule has 1 aromatic rings. The molecule has 0 radical (unpaired) electrons. The van der Waals surface area contributed by atoms with Crippen LogP contribution in [0.1, 0.15) is 52.0 Å². The average Bonchev–Trinajstić information content (AvgIpc) is 3.29. The fourth-order valence-corrected chi connectivity index (χ4v) is 4.64. The van der Waals surface area contributed by atoms with Crippen molar-refractivity contribution in [1.82, 2.24) is 9.80 Å². The van der Waals surface area contributed by atoms with Gasteiger partial charge in [-0.3, -0.25) is 14.4 Å². The lowest BCUT2D eigenvalue weighted by Crippen LogP contribution is -2.44. The molecule has 3 rings (SSSR count). The van der Waals surface area contributed by atoms with Crippen molar-refractivity contribution in [2.75, 3.05) is 26.2 Å². The quantitative estimate of drug-likeness (QED) is 0.427. The summed E-state index contributed by atoms with van der Waals surface area (Å²) >= 11 is 1.61. The summed E-state index contributed by atoms with van der Waals surface area (Å²) in [7, 11) is 0. The molecule has 2 fully saturated rings. The molecular formula is C22H30N2O4S. The topological polar surface area (TPSA) is 66.9 Å². The van der Waals surface area contributed by atoms with Gasteiger partial charge in [0, 0.05) is 32.3 Å². The minimum Gasteiger partial charge on any atom is -0.460 e. The molecule has 0 aromatic carbocycles. The molecule has 2 aliphatic heterocycles. The van der Waals surface area contributed by atoms with Gasteiger partial charge in [0.1, 0.15) is 12.0 Å². The lowest BCUT2D eigenvalue weighted by Gasteiger charge is -2.39. The van der Waals surface area contributed by atoms with Crippen LogP contribution in [-0.2, 0) is 19.1 Å². The Labute approximate surface area is 176 Å². The number of amides is 2. The second-order valence-corrected chi connectivity index (χ2v) is 9.82. The first-order valence-electron chi connectivity index (χ1n) is 10.1. The maximum Gasteiger partial charge on any atom is 0.315 e. The molecule has 7 heteroatoms. The maximum atomic E-state index is 12.5. The van der Waals surface area contributed by atoms with E-state index in [1.54, 1.807) is 43.1 Å². The number of carbonyl (C=O) groups is 3. The van der Waals surface area contributed by atoms with Gasteiger partial charge in [-0.15, -0.1) is 0 Å². The molecule has 0 N–H and O–H groups in total. The van der Waals surface area contributed by atoms with Crippen LogP contribution in [0.5, 0.6) is 0 Å². The zero-order valence-corrected chi connectivity index (χ0v) is 18.3. The van der Waals surface area contributed by atoms with Gasteiger partial charge in [-0.05, 0) is 73.9 Å². The summed E-state index contributed by atoms with van der Waals surface area (Å²) in [6.45, 7) is 8.15. The fraction of sp³-hybridized carbons (Fsp3) is 0.591. The molecule has 0 bridgehead atoms. The molecule has 158 valence electrons. The Kier molecular flexibility index (Phi) is 6.46. The fourth-order valence-electron chi connectivity index (χ4n) is 4.01. The van der Waals surface area contributed by atoms with Crippen molar-refractivity contribution >= 4 is 35.2 Å². The average molecular weight is 419 g/mol. The van der Waals surface area contributed by atoms with Gasteiger partial charge in [-0.1, -0.05) is 0 Å². The van der Waals surface area contributed by atoms with E-state index in [1.807, 2.05) is 27.8 Å². The Balaban J connectivity index is 1.47. The van der Waals surface area contributed by atoms with Gasteiger partial charge >= 0.3 is 5.97 Å². The number of ether oxygens (including phenoxy) is 1. The normalized spacial score (nSPS) is 19.1. The predicted octanol–water partition coefficient (Wildman–Crippen LogP) is 3.33. The standard InChI is InChI=1S/C22H30N2O4S/c1-21(2,3)28-20(27)14-19(26)24-12-9-22(16-24)7-10-23(11-8-22)18(25)5-4-17-6-13-29-15-17/h4-6,13,15H,7-12,14,16H2,1-3H3. The van der Waals surface area contributed by atoms with Crippen LogP contribution in [0.3, 0.4) is 0 Å². The smallest absolute Gasteiger partial charge is 0.315 e. The Morgan fingerprint density at radius 2 is 1.79 bits per heavy atom. The van der Waals surface area contributed by atoms with E-state index in [4.69, 9.17) is 4.74 Å². The number of thiophene rings is 1. The number of esters is 1. The minimum absolute atomic E-state index is 0.0434. The van der Waals surface area contributed by atoms with Crippen molar-refractivity contribution in [2.45, 2.75) is 52.1 Å². The second-order valence-electron chi connectivity index (χ2n) is 9.04. The molecule has 29 heavy (non-hydrogen) atoms. The van der Waals surface area contributed by atoms with Gasteiger partial charge in [-0.25, -0.2) is 0 Å². The van der Waals surface area contributed by atoms with E-state index in [-0.39, 0.29) is 23.7 Å². The monoisotopic (exact) mass is 418 g/mol. The highest BCUT2D eigenvalue weighted by atomic mass is 32.1. The molecule has 0 saturated carbocycles. The Morgan fingerprint density at radius 3 is 2.38 bits per heavy atom. The summed E-state index contributed by atoms with van der Waals surface area (Å²) in [5, 5.41) is 4.00. The van der Waals surface area contributed by atoms with Crippen LogP contribution in [-0.4, -0.2) is 59.4 Å². The largest absolute Gasteiger partial charge is 0.460 e. The van der Waals surface area contributed by atoms with Crippen LogP contribution in [0.4, 0.5) is 0 Å². The molecule has 2 aliphatic rings. The van der Waals surface area contributed by atoms with Gasteiger partial charge < -0.3 is 14.5 Å². The van der Waals surface area contributed by atoms with E-state index in [0.29, 0.717) is 26.2 Å². The first-order valence-corrected chi connectivity index (χ1v) is 11.1. The summed E-state index contributed by atoms with van der Waals surface area (Å²) < 4.78 is 5.26. The van der Waals surface area contributed by atoms with Crippen LogP contribution in [0, 0.1) is 5.41 Å². The van der Waals surface area contributed by atoms with E-state index >= 15 is 0 Å². The van der Waals surface area contributed by atoms with E-state index in [1.165, 1.54) is 0 Å². The summed E-state index contributed by atoms with van der Waals surface area (Å²) in [5.74, 6) is -0.587. The van der Waals surface area contributed by atoms with E-state index in [0.717, 1.165) is 24.8 Å².